The first-order valence-electron chi connectivity index (χ1n) is 9.06. The Morgan fingerprint density at radius 1 is 1.13 bits per heavy atom. The van der Waals surface area contributed by atoms with Gasteiger partial charge >= 0.3 is 0 Å². The summed E-state index contributed by atoms with van der Waals surface area (Å²) < 4.78 is 0. The maximum atomic E-state index is 12.2. The molecular weight excluding hydrogens is 286 g/mol. The molecule has 1 aromatic rings. The average Bonchev–Trinajstić information content (AvgIpc) is 3.09. The summed E-state index contributed by atoms with van der Waals surface area (Å²) >= 11 is 0. The molecule has 126 valence electrons. The van der Waals surface area contributed by atoms with Gasteiger partial charge in [-0.05, 0) is 56.0 Å². The Labute approximate surface area is 139 Å². The summed E-state index contributed by atoms with van der Waals surface area (Å²) in [5.74, 6) is 0.654. The van der Waals surface area contributed by atoms with Gasteiger partial charge in [-0.1, -0.05) is 19.3 Å². The van der Waals surface area contributed by atoms with E-state index in [4.69, 9.17) is 0 Å². The molecule has 2 aliphatic rings. The molecule has 2 N–H and O–H groups in total. The Morgan fingerprint density at radius 3 is 2.57 bits per heavy atom. The summed E-state index contributed by atoms with van der Waals surface area (Å²) in [4.78, 5) is 14.9. The lowest BCUT2D eigenvalue weighted by Crippen LogP contribution is -2.36. The molecule has 1 aliphatic carbocycles. The zero-order valence-corrected chi connectivity index (χ0v) is 14.2. The van der Waals surface area contributed by atoms with Crippen molar-refractivity contribution >= 4 is 11.6 Å². The van der Waals surface area contributed by atoms with Crippen molar-refractivity contribution in [2.45, 2.75) is 44.6 Å². The molecule has 1 saturated carbocycles. The predicted octanol–water partition coefficient (Wildman–Crippen LogP) is 3.11. The molecule has 1 atom stereocenters. The van der Waals surface area contributed by atoms with Gasteiger partial charge in [0.2, 0.25) is 0 Å². The topological polar surface area (TPSA) is 44.4 Å². The van der Waals surface area contributed by atoms with E-state index in [2.05, 4.69) is 15.5 Å². The molecule has 3 rings (SSSR count). The smallest absolute Gasteiger partial charge is 0.251 e. The van der Waals surface area contributed by atoms with Crippen LogP contribution in [-0.4, -0.2) is 43.5 Å². The van der Waals surface area contributed by atoms with Crippen molar-refractivity contribution in [2.24, 2.45) is 5.92 Å². The van der Waals surface area contributed by atoms with E-state index < -0.39 is 0 Å². The average molecular weight is 315 g/mol. The highest BCUT2D eigenvalue weighted by Gasteiger charge is 2.29. The quantitative estimate of drug-likeness (QED) is 0.877. The molecule has 1 aliphatic heterocycles. The zero-order chi connectivity index (χ0) is 16.1. The second-order valence-corrected chi connectivity index (χ2v) is 6.98. The van der Waals surface area contributed by atoms with Crippen molar-refractivity contribution in [3.8, 4) is 0 Å². The maximum Gasteiger partial charge on any atom is 0.251 e. The molecule has 4 heteroatoms. The number of hydrogen-bond donors (Lipinski definition) is 2. The monoisotopic (exact) mass is 315 g/mol. The maximum absolute atomic E-state index is 12.2. The fourth-order valence-corrected chi connectivity index (χ4v) is 3.93. The number of benzene rings is 1. The van der Waals surface area contributed by atoms with Crippen LogP contribution in [-0.2, 0) is 0 Å². The highest BCUT2D eigenvalue weighted by molar-refractivity contribution is 5.94. The highest BCUT2D eigenvalue weighted by Crippen LogP contribution is 2.27. The number of likely N-dealkylation sites (tertiary alicyclic amines) is 1. The molecule has 0 aromatic heterocycles. The predicted molar refractivity (Wildman–Crippen MR) is 94.9 cm³/mol. The van der Waals surface area contributed by atoms with Crippen LogP contribution in [0.3, 0.4) is 0 Å². The van der Waals surface area contributed by atoms with Crippen LogP contribution in [0, 0.1) is 5.92 Å². The SMILES string of the molecule is CNc1ccc(C(=O)NCC2CCN(C3CCCCC3)C2)cc1. The highest BCUT2D eigenvalue weighted by atomic mass is 16.1. The Morgan fingerprint density at radius 2 is 1.87 bits per heavy atom. The lowest BCUT2D eigenvalue weighted by molar-refractivity contribution is 0.0946. The third kappa shape index (κ3) is 4.25. The van der Waals surface area contributed by atoms with Crippen LogP contribution in [0.2, 0.25) is 0 Å². The van der Waals surface area contributed by atoms with E-state index in [1.165, 1.54) is 45.1 Å². The Balaban J connectivity index is 1.44. The van der Waals surface area contributed by atoms with E-state index >= 15 is 0 Å². The summed E-state index contributed by atoms with van der Waals surface area (Å²) in [6.07, 6.45) is 8.16. The van der Waals surface area contributed by atoms with Gasteiger partial charge in [-0.2, -0.15) is 0 Å². The van der Waals surface area contributed by atoms with Crippen LogP contribution >= 0.6 is 0 Å². The molecule has 2 fully saturated rings. The van der Waals surface area contributed by atoms with Gasteiger partial charge in [-0.3, -0.25) is 4.79 Å². The first kappa shape index (κ1) is 16.3. The first-order chi connectivity index (χ1) is 11.3. The van der Waals surface area contributed by atoms with E-state index in [1.807, 2.05) is 31.3 Å². The molecule has 1 saturated heterocycles. The van der Waals surface area contributed by atoms with Gasteiger partial charge in [0.25, 0.3) is 5.91 Å². The van der Waals surface area contributed by atoms with Crippen molar-refractivity contribution in [2.75, 3.05) is 32.0 Å². The van der Waals surface area contributed by atoms with Gasteiger partial charge in [0.05, 0.1) is 0 Å². The molecule has 23 heavy (non-hydrogen) atoms. The number of carbonyl (C=O) groups is 1. The fraction of sp³-hybridized carbons (Fsp3) is 0.632. The lowest BCUT2D eigenvalue weighted by atomic mass is 9.94. The second-order valence-electron chi connectivity index (χ2n) is 6.98. The standard InChI is InChI=1S/C19H29N3O/c1-20-17-9-7-16(8-10-17)19(23)21-13-15-11-12-22(14-15)18-5-3-2-4-6-18/h7-10,15,18,20H,2-6,11-14H2,1H3,(H,21,23). The number of amides is 1. The number of rotatable bonds is 5. The van der Waals surface area contributed by atoms with Crippen LogP contribution < -0.4 is 10.6 Å². The van der Waals surface area contributed by atoms with Gasteiger partial charge in [-0.15, -0.1) is 0 Å². The number of nitrogens with one attached hydrogen (secondary N) is 2. The summed E-state index contributed by atoms with van der Waals surface area (Å²) in [7, 11) is 1.88. The van der Waals surface area contributed by atoms with Crippen molar-refractivity contribution in [3.63, 3.8) is 0 Å². The van der Waals surface area contributed by atoms with Crippen LogP contribution in [0.5, 0.6) is 0 Å². The third-order valence-electron chi connectivity index (χ3n) is 5.40. The number of hydrogen-bond acceptors (Lipinski definition) is 3. The summed E-state index contributed by atoms with van der Waals surface area (Å²) in [5.41, 5.74) is 1.77. The lowest BCUT2D eigenvalue weighted by Gasteiger charge is -2.31. The molecule has 4 nitrogen and oxygen atoms in total. The van der Waals surface area contributed by atoms with E-state index in [1.54, 1.807) is 0 Å². The second kappa shape index (κ2) is 7.82. The van der Waals surface area contributed by atoms with Gasteiger partial charge in [0.15, 0.2) is 0 Å². The van der Waals surface area contributed by atoms with E-state index in [0.29, 0.717) is 5.92 Å². The van der Waals surface area contributed by atoms with Crippen molar-refractivity contribution < 1.29 is 4.79 Å². The van der Waals surface area contributed by atoms with Gasteiger partial charge in [0, 0.05) is 37.4 Å². The largest absolute Gasteiger partial charge is 0.388 e. The molecule has 0 spiro atoms. The third-order valence-corrected chi connectivity index (χ3v) is 5.40. The number of anilines is 1. The normalized spacial score (nSPS) is 22.9. The van der Waals surface area contributed by atoms with Crippen LogP contribution in [0.1, 0.15) is 48.9 Å². The summed E-state index contributed by atoms with van der Waals surface area (Å²) in [6, 6.07) is 8.44. The van der Waals surface area contributed by atoms with Crippen molar-refractivity contribution in [1.29, 1.82) is 0 Å². The van der Waals surface area contributed by atoms with E-state index in [9.17, 15) is 4.79 Å². The molecule has 1 unspecified atom stereocenters. The molecule has 1 amide bonds. The Hall–Kier alpha value is -1.55. The first-order valence-corrected chi connectivity index (χ1v) is 9.06. The minimum absolute atomic E-state index is 0.0452. The summed E-state index contributed by atoms with van der Waals surface area (Å²) in [5, 5.41) is 6.18. The van der Waals surface area contributed by atoms with E-state index in [0.717, 1.165) is 30.4 Å². The van der Waals surface area contributed by atoms with Crippen LogP contribution in [0.25, 0.3) is 0 Å². The number of nitrogens with zero attached hydrogens (tertiary/aromatic N) is 1. The molecule has 0 bridgehead atoms. The van der Waals surface area contributed by atoms with Crippen molar-refractivity contribution in [3.05, 3.63) is 29.8 Å². The molecule has 1 aromatic carbocycles. The van der Waals surface area contributed by atoms with Gasteiger partial charge < -0.3 is 15.5 Å². The van der Waals surface area contributed by atoms with Crippen LogP contribution in [0.4, 0.5) is 5.69 Å². The molecule has 1 heterocycles. The Bertz CT molecular complexity index is 508. The van der Waals surface area contributed by atoms with Gasteiger partial charge in [0.1, 0.15) is 0 Å². The Kier molecular flexibility index (Phi) is 5.55. The van der Waals surface area contributed by atoms with Crippen LogP contribution in [0.15, 0.2) is 24.3 Å². The summed E-state index contributed by atoms with van der Waals surface area (Å²) in [6.45, 7) is 3.17. The molecule has 0 radical (unpaired) electrons. The number of carbonyl (C=O) groups excluding carboxylic acids is 1. The zero-order valence-electron chi connectivity index (χ0n) is 14.2. The van der Waals surface area contributed by atoms with E-state index in [-0.39, 0.29) is 5.91 Å². The fourth-order valence-electron chi connectivity index (χ4n) is 3.93. The van der Waals surface area contributed by atoms with Crippen molar-refractivity contribution in [1.82, 2.24) is 10.2 Å². The molecular formula is C19H29N3O. The minimum Gasteiger partial charge on any atom is -0.388 e. The van der Waals surface area contributed by atoms with Gasteiger partial charge in [-0.25, -0.2) is 0 Å². The minimum atomic E-state index is 0.0452.